The predicted octanol–water partition coefficient (Wildman–Crippen LogP) is 4.69. The van der Waals surface area contributed by atoms with Crippen LogP contribution in [0.1, 0.15) is 12.8 Å². The summed E-state index contributed by atoms with van der Waals surface area (Å²) in [6.07, 6.45) is 12.9. The molecular weight excluding hydrogens is 468 g/mol. The standard InChI is InChI=1S/C27H24N8O2/c1-2-7-35(6-1)8-10-37-19-11-18(13-28-14-19)22-12-20-23(15-30-22)33-34-25(20)27-31-21-3-5-29-24(26(21)32-27)17-4-9-36-16-17/h3-5,9,11-16H,1-2,6-8,10H2,(H,31,32)(H,33,34). The molecular formula is C27H24N8O2. The molecule has 1 aliphatic rings. The largest absolute Gasteiger partial charge is 0.491 e. The second-order valence-electron chi connectivity index (χ2n) is 9.15. The molecule has 2 N–H and O–H groups in total. The topological polar surface area (TPSA) is 122 Å². The third-order valence-corrected chi connectivity index (χ3v) is 6.75. The third kappa shape index (κ3) is 4.11. The zero-order valence-electron chi connectivity index (χ0n) is 20.0. The lowest BCUT2D eigenvalue weighted by Crippen LogP contribution is -2.25. The van der Waals surface area contributed by atoms with Gasteiger partial charge >= 0.3 is 0 Å². The summed E-state index contributed by atoms with van der Waals surface area (Å²) in [7, 11) is 0. The Morgan fingerprint density at radius 1 is 0.973 bits per heavy atom. The first-order valence-electron chi connectivity index (χ1n) is 12.3. The quantitative estimate of drug-likeness (QED) is 0.329. The Labute approximate surface area is 211 Å². The van der Waals surface area contributed by atoms with E-state index in [-0.39, 0.29) is 0 Å². The van der Waals surface area contributed by atoms with E-state index in [1.54, 1.807) is 37.3 Å². The summed E-state index contributed by atoms with van der Waals surface area (Å²) in [6, 6.07) is 7.75. The number of pyridine rings is 3. The Balaban J connectivity index is 1.20. The van der Waals surface area contributed by atoms with E-state index in [0.717, 1.165) is 69.8 Å². The molecule has 37 heavy (non-hydrogen) atoms. The zero-order valence-corrected chi connectivity index (χ0v) is 20.0. The Morgan fingerprint density at radius 3 is 2.81 bits per heavy atom. The molecule has 0 aromatic carbocycles. The van der Waals surface area contributed by atoms with Crippen LogP contribution in [0.4, 0.5) is 0 Å². The molecule has 0 atom stereocenters. The summed E-state index contributed by atoms with van der Waals surface area (Å²) in [6.45, 7) is 3.89. The highest BCUT2D eigenvalue weighted by Gasteiger charge is 2.17. The van der Waals surface area contributed by atoms with E-state index >= 15 is 0 Å². The number of likely N-dealkylation sites (tertiary alicyclic amines) is 1. The fourth-order valence-electron chi connectivity index (χ4n) is 4.85. The highest BCUT2D eigenvalue weighted by Crippen LogP contribution is 2.32. The van der Waals surface area contributed by atoms with Gasteiger partial charge in [-0.05, 0) is 50.2 Å². The van der Waals surface area contributed by atoms with Gasteiger partial charge in [-0.15, -0.1) is 0 Å². The van der Waals surface area contributed by atoms with Crippen LogP contribution in [0, 0.1) is 0 Å². The fraction of sp³-hybridized carbons (Fsp3) is 0.222. The number of rotatable bonds is 7. The maximum absolute atomic E-state index is 5.99. The third-order valence-electron chi connectivity index (χ3n) is 6.75. The normalized spacial score (nSPS) is 14.2. The molecule has 0 radical (unpaired) electrons. The predicted molar refractivity (Wildman–Crippen MR) is 139 cm³/mol. The van der Waals surface area contributed by atoms with E-state index in [0.29, 0.717) is 18.1 Å². The van der Waals surface area contributed by atoms with Crippen molar-refractivity contribution in [3.63, 3.8) is 0 Å². The molecule has 6 aromatic heterocycles. The monoisotopic (exact) mass is 492 g/mol. The summed E-state index contributed by atoms with van der Waals surface area (Å²) >= 11 is 0. The molecule has 6 aromatic rings. The van der Waals surface area contributed by atoms with Crippen molar-refractivity contribution in [3.8, 4) is 39.8 Å². The SMILES string of the molecule is c1cc2[nH]c(-c3n[nH]c4cnc(-c5cncc(OCCN6CCCC6)c5)cc34)nc2c(-c2ccoc2)n1. The van der Waals surface area contributed by atoms with E-state index in [1.807, 2.05) is 24.3 Å². The molecule has 1 saturated heterocycles. The van der Waals surface area contributed by atoms with Crippen LogP contribution in [-0.2, 0) is 0 Å². The van der Waals surface area contributed by atoms with Crippen molar-refractivity contribution >= 4 is 21.9 Å². The fourth-order valence-corrected chi connectivity index (χ4v) is 4.85. The Kier molecular flexibility index (Phi) is 5.36. The van der Waals surface area contributed by atoms with Crippen LogP contribution in [0.3, 0.4) is 0 Å². The van der Waals surface area contributed by atoms with Gasteiger partial charge in [-0.25, -0.2) is 4.98 Å². The summed E-state index contributed by atoms with van der Waals surface area (Å²) in [5, 5.41) is 8.52. The van der Waals surface area contributed by atoms with Crippen molar-refractivity contribution in [2.24, 2.45) is 0 Å². The van der Waals surface area contributed by atoms with Crippen molar-refractivity contribution in [1.82, 2.24) is 40.0 Å². The van der Waals surface area contributed by atoms with Gasteiger partial charge in [-0.2, -0.15) is 5.10 Å². The number of H-pyrrole nitrogens is 2. The van der Waals surface area contributed by atoms with Crippen molar-refractivity contribution in [3.05, 3.63) is 61.6 Å². The van der Waals surface area contributed by atoms with E-state index in [9.17, 15) is 0 Å². The maximum atomic E-state index is 5.99. The van der Waals surface area contributed by atoms with E-state index in [1.165, 1.54) is 12.8 Å². The van der Waals surface area contributed by atoms with Crippen LogP contribution in [0.5, 0.6) is 5.75 Å². The van der Waals surface area contributed by atoms with Crippen LogP contribution in [-0.4, -0.2) is 66.3 Å². The van der Waals surface area contributed by atoms with Gasteiger partial charge in [0.05, 0.1) is 41.6 Å². The summed E-state index contributed by atoms with van der Waals surface area (Å²) in [5.74, 6) is 1.39. The first kappa shape index (κ1) is 21.7. The summed E-state index contributed by atoms with van der Waals surface area (Å²) < 4.78 is 11.2. The number of aromatic amines is 2. The summed E-state index contributed by atoms with van der Waals surface area (Å²) in [4.78, 5) is 24.2. The number of hydrogen-bond acceptors (Lipinski definition) is 8. The van der Waals surface area contributed by atoms with Gasteiger partial charge in [-0.3, -0.25) is 25.0 Å². The second kappa shape index (κ2) is 9.14. The molecule has 1 fully saturated rings. The molecule has 0 amide bonds. The number of nitrogens with zero attached hydrogens (tertiary/aromatic N) is 6. The lowest BCUT2D eigenvalue weighted by atomic mass is 10.1. The van der Waals surface area contributed by atoms with E-state index in [2.05, 4.69) is 35.0 Å². The van der Waals surface area contributed by atoms with Gasteiger partial charge in [0.1, 0.15) is 29.3 Å². The first-order chi connectivity index (χ1) is 18.3. The molecule has 0 unspecified atom stereocenters. The molecule has 0 spiro atoms. The lowest BCUT2D eigenvalue weighted by Gasteiger charge is -2.15. The number of imidazole rings is 1. The minimum absolute atomic E-state index is 0.644. The van der Waals surface area contributed by atoms with E-state index < -0.39 is 0 Å². The smallest absolute Gasteiger partial charge is 0.159 e. The average molecular weight is 493 g/mol. The number of nitrogens with one attached hydrogen (secondary N) is 2. The molecule has 184 valence electrons. The van der Waals surface area contributed by atoms with Crippen LogP contribution in [0.15, 0.2) is 66.0 Å². The minimum Gasteiger partial charge on any atom is -0.491 e. The molecule has 0 aliphatic carbocycles. The molecule has 10 nitrogen and oxygen atoms in total. The maximum Gasteiger partial charge on any atom is 0.159 e. The molecule has 7 rings (SSSR count). The molecule has 0 saturated carbocycles. The average Bonchev–Trinajstić information content (AvgIpc) is 3.74. The zero-order chi connectivity index (χ0) is 24.6. The highest BCUT2D eigenvalue weighted by molar-refractivity contribution is 5.96. The van der Waals surface area contributed by atoms with Crippen LogP contribution < -0.4 is 4.74 Å². The van der Waals surface area contributed by atoms with Gasteiger partial charge in [0.15, 0.2) is 5.82 Å². The van der Waals surface area contributed by atoms with Gasteiger partial charge in [0.25, 0.3) is 0 Å². The first-order valence-corrected chi connectivity index (χ1v) is 12.3. The van der Waals surface area contributed by atoms with Gasteiger partial charge < -0.3 is 14.1 Å². The van der Waals surface area contributed by atoms with Gasteiger partial charge in [0, 0.05) is 35.5 Å². The van der Waals surface area contributed by atoms with Crippen molar-refractivity contribution in [2.45, 2.75) is 12.8 Å². The number of ether oxygens (including phenoxy) is 1. The number of hydrogen-bond donors (Lipinski definition) is 2. The molecule has 7 heterocycles. The molecule has 10 heteroatoms. The van der Waals surface area contributed by atoms with E-state index in [4.69, 9.17) is 14.1 Å². The molecule has 0 bridgehead atoms. The Morgan fingerprint density at radius 2 is 1.92 bits per heavy atom. The minimum atomic E-state index is 0.644. The van der Waals surface area contributed by atoms with Crippen molar-refractivity contribution in [1.29, 1.82) is 0 Å². The van der Waals surface area contributed by atoms with Crippen molar-refractivity contribution in [2.75, 3.05) is 26.2 Å². The highest BCUT2D eigenvalue weighted by atomic mass is 16.5. The van der Waals surface area contributed by atoms with Crippen LogP contribution in [0.25, 0.3) is 56.0 Å². The summed E-state index contributed by atoms with van der Waals surface area (Å²) in [5.41, 5.74) is 6.44. The molecule has 1 aliphatic heterocycles. The Hall–Kier alpha value is -4.57. The number of fused-ring (bicyclic) bond motifs is 2. The van der Waals surface area contributed by atoms with Crippen LogP contribution in [0.2, 0.25) is 0 Å². The lowest BCUT2D eigenvalue weighted by molar-refractivity contribution is 0.237. The van der Waals surface area contributed by atoms with Crippen molar-refractivity contribution < 1.29 is 9.15 Å². The van der Waals surface area contributed by atoms with Gasteiger partial charge in [-0.1, -0.05) is 0 Å². The van der Waals surface area contributed by atoms with Gasteiger partial charge in [0.2, 0.25) is 0 Å². The second-order valence-corrected chi connectivity index (χ2v) is 9.15. The van der Waals surface area contributed by atoms with Crippen LogP contribution >= 0.6 is 0 Å². The number of furan rings is 1. The Bertz CT molecular complexity index is 1680. The number of aromatic nitrogens is 7.